The van der Waals surface area contributed by atoms with E-state index < -0.39 is 73.1 Å². The van der Waals surface area contributed by atoms with Gasteiger partial charge >= 0.3 is 23.9 Å². The summed E-state index contributed by atoms with van der Waals surface area (Å²) < 4.78 is 9.97. The van der Waals surface area contributed by atoms with E-state index in [1.54, 1.807) is 0 Å². The third-order valence-electron chi connectivity index (χ3n) is 4.00. The number of carboxylic acids is 3. The van der Waals surface area contributed by atoms with Crippen LogP contribution in [0.4, 0.5) is 0 Å². The molecule has 0 bridgehead atoms. The summed E-state index contributed by atoms with van der Waals surface area (Å²) in [5.74, 6) is -5.41. The van der Waals surface area contributed by atoms with Gasteiger partial charge in [-0.3, -0.25) is 14.4 Å². The van der Waals surface area contributed by atoms with E-state index in [1.807, 2.05) is 0 Å². The standard InChI is InChI=1S/C15H18O9/c1-3-10-8(5-12(18)19)7(4-11(16)17)9(6-13(20)21)14(24-10)15(22)23-2/h1,7-10,14H,4-6H2,2H3,(H,16,17)(H,18,19)(H,20,21)/t7-,8+,9+,10?,14+/m1/s1. The number of carbonyl (C=O) groups is 4. The molecule has 0 aromatic rings. The van der Waals surface area contributed by atoms with Crippen LogP contribution in [0.1, 0.15) is 19.3 Å². The maximum absolute atomic E-state index is 11.9. The second-order valence-electron chi connectivity index (χ2n) is 5.45. The van der Waals surface area contributed by atoms with Crippen LogP contribution < -0.4 is 0 Å². The van der Waals surface area contributed by atoms with Gasteiger partial charge in [-0.1, -0.05) is 5.92 Å². The molecule has 0 radical (unpaired) electrons. The van der Waals surface area contributed by atoms with Gasteiger partial charge in [0.25, 0.3) is 0 Å². The molecule has 5 atom stereocenters. The van der Waals surface area contributed by atoms with Crippen LogP contribution >= 0.6 is 0 Å². The highest BCUT2D eigenvalue weighted by atomic mass is 16.6. The number of methoxy groups -OCH3 is 1. The van der Waals surface area contributed by atoms with Crippen molar-refractivity contribution in [3.63, 3.8) is 0 Å². The van der Waals surface area contributed by atoms with Crippen molar-refractivity contribution < 1.29 is 44.0 Å². The smallest absolute Gasteiger partial charge is 0.335 e. The molecule has 24 heavy (non-hydrogen) atoms. The minimum Gasteiger partial charge on any atom is -0.481 e. The third kappa shape index (κ3) is 4.70. The van der Waals surface area contributed by atoms with Gasteiger partial charge in [-0.15, -0.1) is 6.42 Å². The summed E-state index contributed by atoms with van der Waals surface area (Å²) in [6.07, 6.45) is 1.20. The van der Waals surface area contributed by atoms with E-state index in [2.05, 4.69) is 10.7 Å². The van der Waals surface area contributed by atoms with Gasteiger partial charge in [0.15, 0.2) is 6.10 Å². The summed E-state index contributed by atoms with van der Waals surface area (Å²) in [7, 11) is 1.07. The number of carbonyl (C=O) groups excluding carboxylic acids is 1. The Balaban J connectivity index is 3.31. The maximum atomic E-state index is 11.9. The van der Waals surface area contributed by atoms with Gasteiger partial charge in [-0.25, -0.2) is 4.79 Å². The molecule has 1 saturated heterocycles. The van der Waals surface area contributed by atoms with Gasteiger partial charge in [0.1, 0.15) is 6.10 Å². The quantitative estimate of drug-likeness (QED) is 0.423. The minimum absolute atomic E-state index is 0.503. The lowest BCUT2D eigenvalue weighted by Crippen LogP contribution is -2.52. The van der Waals surface area contributed by atoms with Crippen LogP contribution in [0, 0.1) is 30.1 Å². The average molecular weight is 342 g/mol. The van der Waals surface area contributed by atoms with Crippen LogP contribution in [-0.2, 0) is 28.7 Å². The lowest BCUT2D eigenvalue weighted by Gasteiger charge is -2.43. The fraction of sp³-hybridized carbons (Fsp3) is 0.600. The van der Waals surface area contributed by atoms with Crippen molar-refractivity contribution in [3.8, 4) is 12.3 Å². The molecule has 0 spiro atoms. The molecule has 1 aliphatic heterocycles. The fourth-order valence-corrected chi connectivity index (χ4v) is 3.06. The third-order valence-corrected chi connectivity index (χ3v) is 4.00. The van der Waals surface area contributed by atoms with Crippen LogP contribution in [0.5, 0.6) is 0 Å². The van der Waals surface area contributed by atoms with Gasteiger partial charge in [0, 0.05) is 18.3 Å². The van der Waals surface area contributed by atoms with E-state index in [1.165, 1.54) is 0 Å². The first-order chi connectivity index (χ1) is 11.2. The molecular formula is C15H18O9. The largest absolute Gasteiger partial charge is 0.481 e. The number of rotatable bonds is 7. The van der Waals surface area contributed by atoms with E-state index >= 15 is 0 Å². The summed E-state index contributed by atoms with van der Waals surface area (Å²) in [5, 5.41) is 27.2. The molecule has 0 aromatic carbocycles. The van der Waals surface area contributed by atoms with Gasteiger partial charge in [0.05, 0.1) is 20.0 Å². The van der Waals surface area contributed by atoms with Crippen molar-refractivity contribution in [3.05, 3.63) is 0 Å². The summed E-state index contributed by atoms with van der Waals surface area (Å²) in [4.78, 5) is 45.3. The Morgan fingerprint density at radius 1 is 0.958 bits per heavy atom. The Morgan fingerprint density at radius 2 is 1.42 bits per heavy atom. The second-order valence-corrected chi connectivity index (χ2v) is 5.45. The number of carboxylic acid groups (broad SMARTS) is 3. The molecule has 0 aromatic heterocycles. The molecule has 0 saturated carbocycles. The molecule has 1 rings (SSSR count). The molecule has 9 heteroatoms. The molecule has 1 heterocycles. The Labute approximate surface area is 137 Å². The highest BCUT2D eigenvalue weighted by molar-refractivity contribution is 5.77. The maximum Gasteiger partial charge on any atom is 0.335 e. The topological polar surface area (TPSA) is 147 Å². The van der Waals surface area contributed by atoms with Crippen molar-refractivity contribution in [1.29, 1.82) is 0 Å². The van der Waals surface area contributed by atoms with Crippen LogP contribution in [0.15, 0.2) is 0 Å². The zero-order valence-electron chi connectivity index (χ0n) is 12.9. The van der Waals surface area contributed by atoms with Crippen LogP contribution in [0.25, 0.3) is 0 Å². The fourth-order valence-electron chi connectivity index (χ4n) is 3.06. The molecule has 1 unspecified atom stereocenters. The van der Waals surface area contributed by atoms with Crippen molar-refractivity contribution in [1.82, 2.24) is 0 Å². The van der Waals surface area contributed by atoms with E-state index in [0.717, 1.165) is 7.11 Å². The first-order valence-corrected chi connectivity index (χ1v) is 7.06. The Bertz CT molecular complexity index is 562. The van der Waals surface area contributed by atoms with Crippen molar-refractivity contribution in [2.75, 3.05) is 7.11 Å². The molecule has 1 fully saturated rings. The first kappa shape index (κ1) is 19.4. The zero-order chi connectivity index (χ0) is 18.4. The molecule has 9 nitrogen and oxygen atoms in total. The molecular weight excluding hydrogens is 324 g/mol. The molecule has 0 amide bonds. The molecule has 3 N–H and O–H groups in total. The first-order valence-electron chi connectivity index (χ1n) is 7.06. The number of terminal acetylenes is 1. The minimum atomic E-state index is -1.37. The van der Waals surface area contributed by atoms with Crippen LogP contribution in [-0.4, -0.2) is 58.5 Å². The van der Waals surface area contributed by atoms with Crippen molar-refractivity contribution in [2.24, 2.45) is 17.8 Å². The summed E-state index contributed by atoms with van der Waals surface area (Å²) in [6.45, 7) is 0. The summed E-state index contributed by atoms with van der Waals surface area (Å²) >= 11 is 0. The van der Waals surface area contributed by atoms with Crippen molar-refractivity contribution in [2.45, 2.75) is 31.5 Å². The zero-order valence-corrected chi connectivity index (χ0v) is 12.9. The molecule has 132 valence electrons. The predicted octanol–water partition coefficient (Wildman–Crippen LogP) is -0.167. The SMILES string of the molecule is C#CC1O[C@H](C(=O)OC)[C@@H](CC(=O)O)[C@H](CC(=O)O)[C@@H]1CC(=O)O. The Kier molecular flexibility index (Phi) is 6.73. The van der Waals surface area contributed by atoms with E-state index in [0.29, 0.717) is 0 Å². The summed E-state index contributed by atoms with van der Waals surface area (Å²) in [6, 6.07) is 0. The van der Waals surface area contributed by atoms with Crippen LogP contribution in [0.3, 0.4) is 0 Å². The lowest BCUT2D eigenvalue weighted by atomic mass is 9.69. The number of ether oxygens (including phenoxy) is 2. The Hall–Kier alpha value is -2.60. The van der Waals surface area contributed by atoms with Gasteiger partial charge in [0.2, 0.25) is 0 Å². The predicted molar refractivity (Wildman–Crippen MR) is 76.7 cm³/mol. The second kappa shape index (κ2) is 8.31. The molecule has 0 aliphatic carbocycles. The van der Waals surface area contributed by atoms with Gasteiger partial charge in [-0.05, 0) is 5.92 Å². The lowest BCUT2D eigenvalue weighted by molar-refractivity contribution is -0.185. The number of esters is 1. The van der Waals surface area contributed by atoms with Gasteiger partial charge in [-0.2, -0.15) is 0 Å². The monoisotopic (exact) mass is 342 g/mol. The highest BCUT2D eigenvalue weighted by Gasteiger charge is 2.50. The van der Waals surface area contributed by atoms with E-state index in [4.69, 9.17) is 26.5 Å². The van der Waals surface area contributed by atoms with Crippen molar-refractivity contribution >= 4 is 23.9 Å². The molecule has 1 aliphatic rings. The highest BCUT2D eigenvalue weighted by Crippen LogP contribution is 2.41. The van der Waals surface area contributed by atoms with E-state index in [9.17, 15) is 19.2 Å². The average Bonchev–Trinajstić information content (AvgIpc) is 2.48. The number of hydrogen-bond acceptors (Lipinski definition) is 6. The normalized spacial score (nSPS) is 29.2. The van der Waals surface area contributed by atoms with E-state index in [-0.39, 0.29) is 0 Å². The van der Waals surface area contributed by atoms with Gasteiger partial charge < -0.3 is 24.8 Å². The number of hydrogen-bond donors (Lipinski definition) is 3. The van der Waals surface area contributed by atoms with Crippen LogP contribution in [0.2, 0.25) is 0 Å². The number of aliphatic carboxylic acids is 3. The summed E-state index contributed by atoms with van der Waals surface area (Å²) in [5.41, 5.74) is 0. The Morgan fingerprint density at radius 3 is 1.83 bits per heavy atom.